The number of hydrogen-bond acceptors (Lipinski definition) is 4. The molecule has 1 saturated heterocycles. The van der Waals surface area contributed by atoms with E-state index in [1.54, 1.807) is 12.1 Å². The molecule has 114 valence electrons. The van der Waals surface area contributed by atoms with Gasteiger partial charge in [-0.25, -0.2) is 0 Å². The lowest BCUT2D eigenvalue weighted by atomic mass is 9.90. The Balaban J connectivity index is 2.08. The molecular weight excluding hydrogens is 272 g/mol. The Morgan fingerprint density at radius 1 is 1.29 bits per heavy atom. The highest BCUT2D eigenvalue weighted by atomic mass is 16.5. The van der Waals surface area contributed by atoms with Gasteiger partial charge in [0.1, 0.15) is 5.54 Å². The van der Waals surface area contributed by atoms with Crippen LogP contribution in [0.4, 0.5) is 5.69 Å². The van der Waals surface area contributed by atoms with Gasteiger partial charge in [0, 0.05) is 25.3 Å². The Hall–Kier alpha value is -1.92. The van der Waals surface area contributed by atoms with Crippen molar-refractivity contribution in [1.29, 1.82) is 0 Å². The van der Waals surface area contributed by atoms with Crippen molar-refractivity contribution in [3.05, 3.63) is 29.8 Å². The predicted octanol–water partition coefficient (Wildman–Crippen LogP) is 1.15. The standard InChI is InChI=1S/C15H20N2O4/c16-15(7-9-21-10-8-15)14(20)17-12-4-2-1-3-11(12)5-6-13(18)19/h1-4H,5-10,16H2,(H,17,20)(H,18,19). The normalized spacial score (nSPS) is 17.2. The summed E-state index contributed by atoms with van der Waals surface area (Å²) in [6.45, 7) is 0.954. The highest BCUT2D eigenvalue weighted by Gasteiger charge is 2.36. The topological polar surface area (TPSA) is 102 Å². The maximum Gasteiger partial charge on any atom is 0.303 e. The van der Waals surface area contributed by atoms with Gasteiger partial charge in [-0.05, 0) is 30.9 Å². The molecule has 1 aliphatic heterocycles. The Morgan fingerprint density at radius 2 is 1.95 bits per heavy atom. The minimum Gasteiger partial charge on any atom is -0.481 e. The van der Waals surface area contributed by atoms with E-state index in [4.69, 9.17) is 15.6 Å². The number of aryl methyl sites for hydroxylation is 1. The second-order valence-corrected chi connectivity index (χ2v) is 5.27. The van der Waals surface area contributed by atoms with E-state index in [0.717, 1.165) is 5.56 Å². The van der Waals surface area contributed by atoms with Crippen LogP contribution in [0.2, 0.25) is 0 Å². The van der Waals surface area contributed by atoms with Crippen molar-refractivity contribution < 1.29 is 19.4 Å². The average molecular weight is 292 g/mol. The predicted molar refractivity (Wildman–Crippen MR) is 78.0 cm³/mol. The Morgan fingerprint density at radius 3 is 2.62 bits per heavy atom. The number of benzene rings is 1. The van der Waals surface area contributed by atoms with Crippen LogP contribution < -0.4 is 11.1 Å². The number of carbonyl (C=O) groups is 2. The van der Waals surface area contributed by atoms with Gasteiger partial charge in [0.05, 0.1) is 0 Å². The summed E-state index contributed by atoms with van der Waals surface area (Å²) >= 11 is 0. The summed E-state index contributed by atoms with van der Waals surface area (Å²) in [7, 11) is 0. The number of nitrogens with two attached hydrogens (primary N) is 1. The molecule has 0 unspecified atom stereocenters. The molecule has 0 spiro atoms. The lowest BCUT2D eigenvalue weighted by Gasteiger charge is -2.32. The first kappa shape index (κ1) is 15.5. The molecule has 0 radical (unpaired) electrons. The molecule has 6 nitrogen and oxygen atoms in total. The highest BCUT2D eigenvalue weighted by Crippen LogP contribution is 2.22. The van der Waals surface area contributed by atoms with E-state index >= 15 is 0 Å². The largest absolute Gasteiger partial charge is 0.481 e. The monoisotopic (exact) mass is 292 g/mol. The fraction of sp³-hybridized carbons (Fsp3) is 0.467. The number of aliphatic carboxylic acids is 1. The molecule has 0 bridgehead atoms. The first-order valence-electron chi connectivity index (χ1n) is 6.99. The van der Waals surface area contributed by atoms with Crippen LogP contribution in [0.25, 0.3) is 0 Å². The molecule has 0 saturated carbocycles. The molecule has 2 rings (SSSR count). The number of para-hydroxylation sites is 1. The van der Waals surface area contributed by atoms with Gasteiger partial charge in [-0.2, -0.15) is 0 Å². The van der Waals surface area contributed by atoms with Crippen LogP contribution in [0.3, 0.4) is 0 Å². The summed E-state index contributed by atoms with van der Waals surface area (Å²) < 4.78 is 5.23. The van der Waals surface area contributed by atoms with Crippen LogP contribution in [-0.4, -0.2) is 35.7 Å². The van der Waals surface area contributed by atoms with Gasteiger partial charge in [-0.15, -0.1) is 0 Å². The number of carbonyl (C=O) groups excluding carboxylic acids is 1. The molecule has 6 heteroatoms. The van der Waals surface area contributed by atoms with E-state index in [-0.39, 0.29) is 12.3 Å². The Labute approximate surface area is 123 Å². The second kappa shape index (κ2) is 6.69. The zero-order valence-electron chi connectivity index (χ0n) is 11.8. The molecule has 1 amide bonds. The van der Waals surface area contributed by atoms with Crippen molar-refractivity contribution in [3.63, 3.8) is 0 Å². The van der Waals surface area contributed by atoms with Gasteiger partial charge in [0.15, 0.2) is 0 Å². The van der Waals surface area contributed by atoms with E-state index in [2.05, 4.69) is 5.32 Å². The summed E-state index contributed by atoms with van der Waals surface area (Å²) in [4.78, 5) is 23.1. The van der Waals surface area contributed by atoms with Gasteiger partial charge in [0.2, 0.25) is 5.91 Å². The maximum absolute atomic E-state index is 12.4. The summed E-state index contributed by atoms with van der Waals surface area (Å²) in [5.41, 5.74) is 6.64. The van der Waals surface area contributed by atoms with Gasteiger partial charge in [-0.3, -0.25) is 9.59 Å². The number of ether oxygens (including phenoxy) is 1. The lowest BCUT2D eigenvalue weighted by molar-refractivity contribution is -0.137. The molecule has 4 N–H and O–H groups in total. The number of anilines is 1. The number of rotatable bonds is 5. The molecule has 0 aliphatic carbocycles. The van der Waals surface area contributed by atoms with Crippen LogP contribution in [0.15, 0.2) is 24.3 Å². The van der Waals surface area contributed by atoms with Crippen LogP contribution in [0, 0.1) is 0 Å². The minimum absolute atomic E-state index is 0.0223. The molecule has 1 aromatic carbocycles. The lowest BCUT2D eigenvalue weighted by Crippen LogP contribution is -2.54. The van der Waals surface area contributed by atoms with Gasteiger partial charge in [0.25, 0.3) is 0 Å². The SMILES string of the molecule is NC1(C(=O)Nc2ccccc2CCC(=O)O)CCOCC1. The molecule has 1 fully saturated rings. The molecule has 1 aliphatic rings. The van der Waals surface area contributed by atoms with Crippen molar-refractivity contribution in [3.8, 4) is 0 Å². The van der Waals surface area contributed by atoms with E-state index < -0.39 is 11.5 Å². The van der Waals surface area contributed by atoms with Gasteiger partial charge < -0.3 is 20.9 Å². The zero-order valence-corrected chi connectivity index (χ0v) is 11.8. The fourth-order valence-electron chi connectivity index (χ4n) is 2.31. The first-order chi connectivity index (χ1) is 10.0. The third kappa shape index (κ3) is 4.03. The molecule has 1 aromatic rings. The van der Waals surface area contributed by atoms with Crippen molar-refractivity contribution in [2.24, 2.45) is 5.73 Å². The third-order valence-electron chi connectivity index (χ3n) is 3.71. The Bertz CT molecular complexity index is 524. The number of amides is 1. The molecule has 0 atom stereocenters. The Kier molecular flexibility index (Phi) is 4.93. The van der Waals surface area contributed by atoms with Crippen molar-refractivity contribution in [1.82, 2.24) is 0 Å². The zero-order chi connectivity index (χ0) is 15.3. The number of nitrogens with one attached hydrogen (secondary N) is 1. The van der Waals surface area contributed by atoms with Gasteiger partial charge >= 0.3 is 5.97 Å². The summed E-state index contributed by atoms with van der Waals surface area (Å²) in [5, 5.41) is 11.6. The molecule has 21 heavy (non-hydrogen) atoms. The van der Waals surface area contributed by atoms with Crippen molar-refractivity contribution >= 4 is 17.6 Å². The van der Waals surface area contributed by atoms with Crippen LogP contribution in [0.5, 0.6) is 0 Å². The smallest absolute Gasteiger partial charge is 0.303 e. The van der Waals surface area contributed by atoms with Crippen LogP contribution >= 0.6 is 0 Å². The van der Waals surface area contributed by atoms with Crippen LogP contribution in [0.1, 0.15) is 24.8 Å². The second-order valence-electron chi connectivity index (χ2n) is 5.27. The molecule has 0 aromatic heterocycles. The van der Waals surface area contributed by atoms with E-state index in [9.17, 15) is 9.59 Å². The summed E-state index contributed by atoms with van der Waals surface area (Å²) in [5.74, 6) is -1.11. The average Bonchev–Trinajstić information content (AvgIpc) is 2.47. The number of carboxylic acid groups (broad SMARTS) is 1. The van der Waals surface area contributed by atoms with Gasteiger partial charge in [-0.1, -0.05) is 18.2 Å². The third-order valence-corrected chi connectivity index (χ3v) is 3.71. The van der Waals surface area contributed by atoms with E-state index in [1.165, 1.54) is 0 Å². The molecule has 1 heterocycles. The molecular formula is C15H20N2O4. The van der Waals surface area contributed by atoms with E-state index in [1.807, 2.05) is 12.1 Å². The van der Waals surface area contributed by atoms with Crippen LogP contribution in [-0.2, 0) is 20.7 Å². The number of carboxylic acids is 1. The maximum atomic E-state index is 12.4. The number of hydrogen-bond donors (Lipinski definition) is 3. The summed E-state index contributed by atoms with van der Waals surface area (Å²) in [6.07, 6.45) is 1.35. The quantitative estimate of drug-likeness (QED) is 0.755. The van der Waals surface area contributed by atoms with Crippen molar-refractivity contribution in [2.45, 2.75) is 31.2 Å². The first-order valence-corrected chi connectivity index (χ1v) is 6.99. The highest BCUT2D eigenvalue weighted by molar-refractivity contribution is 5.98. The van der Waals surface area contributed by atoms with Crippen molar-refractivity contribution in [2.75, 3.05) is 18.5 Å². The minimum atomic E-state index is -0.918. The summed E-state index contributed by atoms with van der Waals surface area (Å²) in [6, 6.07) is 7.19. The fourth-order valence-corrected chi connectivity index (χ4v) is 2.31. The van der Waals surface area contributed by atoms with E-state index in [0.29, 0.717) is 38.2 Å².